The quantitative estimate of drug-likeness (QED) is 0.560. The predicted molar refractivity (Wildman–Crippen MR) is 55.0 cm³/mol. The summed E-state index contributed by atoms with van der Waals surface area (Å²) in [4.78, 5) is 10.5. The summed E-state index contributed by atoms with van der Waals surface area (Å²) in [5, 5.41) is 8.50. The summed E-state index contributed by atoms with van der Waals surface area (Å²) >= 11 is 0. The van der Waals surface area contributed by atoms with Crippen LogP contribution in [-0.4, -0.2) is 0 Å². The van der Waals surface area contributed by atoms with E-state index in [0.29, 0.717) is 6.42 Å². The van der Waals surface area contributed by atoms with Gasteiger partial charge in [-0.05, 0) is 25.8 Å². The summed E-state index contributed by atoms with van der Waals surface area (Å²) in [7, 11) is 0. The van der Waals surface area contributed by atoms with Crippen LogP contribution in [0.4, 0.5) is 0 Å². The fourth-order valence-electron chi connectivity index (χ4n) is 1.84. The Balaban J connectivity index is 2.14. The standard InChI is InChI=1S/C12H13NO2/c1-12(8-4-5-9-13)10-6-2-3-7-11(10)14-15-12/h2-3,6-7H,4-5,8H2,1H3. The Morgan fingerprint density at radius 1 is 1.40 bits per heavy atom. The first kappa shape index (κ1) is 10.0. The molecule has 0 spiro atoms. The van der Waals surface area contributed by atoms with Gasteiger partial charge in [0, 0.05) is 12.0 Å². The van der Waals surface area contributed by atoms with Gasteiger partial charge in [-0.25, -0.2) is 0 Å². The van der Waals surface area contributed by atoms with Crippen molar-refractivity contribution in [3.05, 3.63) is 29.8 Å². The van der Waals surface area contributed by atoms with E-state index in [0.717, 1.165) is 24.2 Å². The van der Waals surface area contributed by atoms with Gasteiger partial charge in [0.15, 0.2) is 5.75 Å². The van der Waals surface area contributed by atoms with E-state index in [9.17, 15) is 0 Å². The number of benzene rings is 1. The highest BCUT2D eigenvalue weighted by atomic mass is 17.2. The van der Waals surface area contributed by atoms with Crippen molar-refractivity contribution in [2.45, 2.75) is 31.8 Å². The number of rotatable bonds is 3. The van der Waals surface area contributed by atoms with Crippen molar-refractivity contribution >= 4 is 0 Å². The molecule has 0 fully saturated rings. The summed E-state index contributed by atoms with van der Waals surface area (Å²) in [6.45, 7) is 2.00. The molecule has 1 aromatic carbocycles. The molecule has 0 amide bonds. The van der Waals surface area contributed by atoms with Crippen LogP contribution in [-0.2, 0) is 10.5 Å². The predicted octanol–water partition coefficient (Wildman–Crippen LogP) is 2.92. The maximum absolute atomic E-state index is 8.50. The molecule has 0 saturated carbocycles. The number of nitriles is 1. The highest BCUT2D eigenvalue weighted by Gasteiger charge is 2.37. The SMILES string of the molecule is CC1(CCCC#N)OOc2ccccc21. The molecule has 1 atom stereocenters. The second-order valence-electron chi connectivity index (χ2n) is 3.91. The number of hydrogen-bond acceptors (Lipinski definition) is 3. The first-order valence-corrected chi connectivity index (χ1v) is 5.08. The van der Waals surface area contributed by atoms with Crippen molar-refractivity contribution in [3.63, 3.8) is 0 Å². The molecule has 0 radical (unpaired) electrons. The molecule has 1 heterocycles. The molecule has 15 heavy (non-hydrogen) atoms. The highest BCUT2D eigenvalue weighted by molar-refractivity contribution is 5.39. The van der Waals surface area contributed by atoms with Crippen molar-refractivity contribution in [2.75, 3.05) is 0 Å². The van der Waals surface area contributed by atoms with E-state index in [1.54, 1.807) is 0 Å². The van der Waals surface area contributed by atoms with Crippen LogP contribution in [0.3, 0.4) is 0 Å². The van der Waals surface area contributed by atoms with E-state index in [4.69, 9.17) is 15.0 Å². The Morgan fingerprint density at radius 2 is 2.20 bits per heavy atom. The Hall–Kier alpha value is -1.53. The fourth-order valence-corrected chi connectivity index (χ4v) is 1.84. The largest absolute Gasteiger partial charge is 0.336 e. The average Bonchev–Trinajstić information content (AvgIpc) is 2.59. The summed E-state index contributed by atoms with van der Waals surface area (Å²) in [6, 6.07) is 9.93. The lowest BCUT2D eigenvalue weighted by molar-refractivity contribution is -0.269. The van der Waals surface area contributed by atoms with Gasteiger partial charge < -0.3 is 4.89 Å². The first-order valence-electron chi connectivity index (χ1n) is 5.08. The van der Waals surface area contributed by atoms with Crippen molar-refractivity contribution in [1.29, 1.82) is 5.26 Å². The summed E-state index contributed by atoms with van der Waals surface area (Å²) in [5.41, 5.74) is 0.677. The van der Waals surface area contributed by atoms with E-state index in [1.807, 2.05) is 31.2 Å². The first-order chi connectivity index (χ1) is 7.26. The third-order valence-electron chi connectivity index (χ3n) is 2.71. The second-order valence-corrected chi connectivity index (χ2v) is 3.91. The summed E-state index contributed by atoms with van der Waals surface area (Å²) < 4.78 is 0. The molecule has 0 aliphatic carbocycles. The van der Waals surface area contributed by atoms with E-state index in [2.05, 4.69) is 6.07 Å². The van der Waals surface area contributed by atoms with Gasteiger partial charge in [0.05, 0.1) is 6.07 Å². The Morgan fingerprint density at radius 3 is 3.00 bits per heavy atom. The van der Waals surface area contributed by atoms with Crippen LogP contribution in [0.5, 0.6) is 5.75 Å². The summed E-state index contributed by atoms with van der Waals surface area (Å²) in [5.74, 6) is 0.789. The van der Waals surface area contributed by atoms with Gasteiger partial charge in [-0.15, -0.1) is 0 Å². The van der Waals surface area contributed by atoms with Crippen LogP contribution < -0.4 is 4.89 Å². The van der Waals surface area contributed by atoms with Crippen LogP contribution in [0.1, 0.15) is 31.7 Å². The molecule has 2 rings (SSSR count). The van der Waals surface area contributed by atoms with E-state index in [-0.39, 0.29) is 0 Å². The van der Waals surface area contributed by atoms with Gasteiger partial charge in [0.25, 0.3) is 0 Å². The number of nitrogens with zero attached hydrogens (tertiary/aromatic N) is 1. The molecule has 0 saturated heterocycles. The lowest BCUT2D eigenvalue weighted by Gasteiger charge is -2.19. The van der Waals surface area contributed by atoms with E-state index < -0.39 is 5.60 Å². The Bertz CT molecular complexity index is 397. The van der Waals surface area contributed by atoms with Crippen LogP contribution in [0.15, 0.2) is 24.3 Å². The molecule has 3 nitrogen and oxygen atoms in total. The Labute approximate surface area is 89.2 Å². The zero-order valence-electron chi connectivity index (χ0n) is 8.69. The van der Waals surface area contributed by atoms with Crippen molar-refractivity contribution in [3.8, 4) is 11.8 Å². The lowest BCUT2D eigenvalue weighted by atomic mass is 9.90. The zero-order valence-corrected chi connectivity index (χ0v) is 8.69. The second kappa shape index (κ2) is 3.92. The topological polar surface area (TPSA) is 42.2 Å². The minimum atomic E-state index is -0.395. The van der Waals surface area contributed by atoms with Gasteiger partial charge >= 0.3 is 0 Å². The van der Waals surface area contributed by atoms with Gasteiger partial charge in [0.2, 0.25) is 0 Å². The van der Waals surface area contributed by atoms with Crippen LogP contribution in [0.2, 0.25) is 0 Å². The van der Waals surface area contributed by atoms with Crippen LogP contribution >= 0.6 is 0 Å². The molecule has 0 aromatic heterocycles. The highest BCUT2D eigenvalue weighted by Crippen LogP contribution is 2.42. The smallest absolute Gasteiger partial charge is 0.171 e. The maximum atomic E-state index is 8.50. The van der Waals surface area contributed by atoms with Crippen LogP contribution in [0.25, 0.3) is 0 Å². The average molecular weight is 203 g/mol. The number of hydrogen-bond donors (Lipinski definition) is 0. The van der Waals surface area contributed by atoms with Crippen molar-refractivity contribution in [1.82, 2.24) is 0 Å². The van der Waals surface area contributed by atoms with Gasteiger partial charge in [-0.2, -0.15) is 10.1 Å². The van der Waals surface area contributed by atoms with E-state index >= 15 is 0 Å². The van der Waals surface area contributed by atoms with Gasteiger partial charge in [-0.3, -0.25) is 0 Å². The third kappa shape index (κ3) is 1.81. The van der Waals surface area contributed by atoms with Crippen LogP contribution in [0, 0.1) is 11.3 Å². The van der Waals surface area contributed by atoms with Gasteiger partial charge in [0.1, 0.15) is 5.60 Å². The molecular formula is C12H13NO2. The third-order valence-corrected chi connectivity index (χ3v) is 2.71. The molecule has 1 aliphatic heterocycles. The monoisotopic (exact) mass is 203 g/mol. The molecule has 3 heteroatoms. The normalized spacial score (nSPS) is 22.9. The molecule has 0 N–H and O–H groups in total. The van der Waals surface area contributed by atoms with Crippen molar-refractivity contribution < 1.29 is 9.78 Å². The minimum Gasteiger partial charge on any atom is -0.336 e. The molecule has 1 aliphatic rings. The van der Waals surface area contributed by atoms with E-state index in [1.165, 1.54) is 0 Å². The fraction of sp³-hybridized carbons (Fsp3) is 0.417. The number of fused-ring (bicyclic) bond motifs is 1. The number of unbranched alkanes of at least 4 members (excludes halogenated alkanes) is 1. The molecule has 78 valence electrons. The minimum absolute atomic E-state index is 0.395. The lowest BCUT2D eigenvalue weighted by Crippen LogP contribution is -2.21. The molecule has 1 unspecified atom stereocenters. The summed E-state index contributed by atoms with van der Waals surface area (Å²) in [6.07, 6.45) is 2.18. The maximum Gasteiger partial charge on any atom is 0.171 e. The molecule has 0 bridgehead atoms. The Kier molecular flexibility index (Phi) is 2.61. The van der Waals surface area contributed by atoms with Gasteiger partial charge in [-0.1, -0.05) is 18.2 Å². The number of para-hydroxylation sites is 1. The van der Waals surface area contributed by atoms with Crippen molar-refractivity contribution in [2.24, 2.45) is 0 Å². The molecular weight excluding hydrogens is 190 g/mol. The zero-order chi connectivity index (χ0) is 10.7. The molecule has 1 aromatic rings.